The van der Waals surface area contributed by atoms with Gasteiger partial charge in [0, 0.05) is 6.42 Å². The molecule has 2 aromatic rings. The van der Waals surface area contributed by atoms with E-state index in [1.165, 1.54) is 0 Å². The molecule has 2 N–H and O–H groups in total. The fraction of sp³-hybridized carbons (Fsp3) is 0.500. The molecule has 7 nitrogen and oxygen atoms in total. The van der Waals surface area contributed by atoms with Gasteiger partial charge in [0.25, 0.3) is 0 Å². The van der Waals surface area contributed by atoms with Gasteiger partial charge in [-0.1, -0.05) is 0 Å². The number of hydrogen-bond acceptors (Lipinski definition) is 6. The molecule has 0 radical (unpaired) electrons. The van der Waals surface area contributed by atoms with Gasteiger partial charge in [-0.2, -0.15) is 0 Å². The molecule has 3 atom stereocenters. The van der Waals surface area contributed by atoms with Crippen LogP contribution in [-0.2, 0) is 4.74 Å². The number of rotatable bonds is 2. The van der Waals surface area contributed by atoms with E-state index < -0.39 is 12.2 Å². The fourth-order valence-electron chi connectivity index (χ4n) is 2.07. The summed E-state index contributed by atoms with van der Waals surface area (Å²) >= 11 is 3.20. The maximum absolute atomic E-state index is 9.72. The van der Waals surface area contributed by atoms with Crippen molar-refractivity contribution < 1.29 is 14.9 Å². The van der Waals surface area contributed by atoms with Gasteiger partial charge in [-0.15, -0.1) is 0 Å². The Balaban J connectivity index is 1.98. The topological polar surface area (TPSA) is 93.3 Å². The van der Waals surface area contributed by atoms with Crippen molar-refractivity contribution in [3.63, 3.8) is 0 Å². The second kappa shape index (κ2) is 4.54. The first-order valence-electron chi connectivity index (χ1n) is 5.48. The molecule has 3 heterocycles. The zero-order valence-electron chi connectivity index (χ0n) is 9.27. The third-order valence-corrected chi connectivity index (χ3v) is 3.36. The highest BCUT2D eigenvalue weighted by atomic mass is 79.9. The van der Waals surface area contributed by atoms with Gasteiger partial charge in [0.2, 0.25) is 0 Å². The van der Waals surface area contributed by atoms with Crippen LogP contribution in [-0.4, -0.2) is 48.5 Å². The van der Waals surface area contributed by atoms with Crippen LogP contribution in [0.25, 0.3) is 11.2 Å². The van der Waals surface area contributed by atoms with E-state index in [9.17, 15) is 5.11 Å². The first-order valence-corrected chi connectivity index (χ1v) is 6.28. The van der Waals surface area contributed by atoms with Gasteiger partial charge in [0.1, 0.15) is 17.8 Å². The number of ether oxygens (including phenoxy) is 1. The summed E-state index contributed by atoms with van der Waals surface area (Å²) in [5.41, 5.74) is 1.29. The average molecular weight is 315 g/mol. The molecule has 1 saturated heterocycles. The molecule has 2 aromatic heterocycles. The zero-order valence-corrected chi connectivity index (χ0v) is 10.9. The summed E-state index contributed by atoms with van der Waals surface area (Å²) in [6, 6.07) is 0. The van der Waals surface area contributed by atoms with Gasteiger partial charge in [-0.3, -0.25) is 4.57 Å². The van der Waals surface area contributed by atoms with E-state index in [1.807, 2.05) is 0 Å². The normalized spacial score (nSPS) is 28.1. The molecular weight excluding hydrogens is 304 g/mol. The van der Waals surface area contributed by atoms with Gasteiger partial charge in [0.05, 0.1) is 25.2 Å². The van der Waals surface area contributed by atoms with Crippen LogP contribution < -0.4 is 0 Å². The molecule has 3 rings (SSSR count). The van der Waals surface area contributed by atoms with Gasteiger partial charge < -0.3 is 14.9 Å². The van der Waals surface area contributed by atoms with E-state index in [4.69, 9.17) is 9.84 Å². The maximum Gasteiger partial charge on any atom is 0.198 e. The highest BCUT2D eigenvalue weighted by Crippen LogP contribution is 2.30. The molecular formula is C10H11BrN4O3. The Labute approximate surface area is 111 Å². The first kappa shape index (κ1) is 12.0. The Kier molecular flexibility index (Phi) is 3.02. The molecule has 1 fully saturated rings. The van der Waals surface area contributed by atoms with E-state index in [0.717, 1.165) is 0 Å². The number of hydrogen-bond donors (Lipinski definition) is 2. The number of aliphatic hydroxyl groups is 2. The highest BCUT2D eigenvalue weighted by molar-refractivity contribution is 9.10. The third-order valence-electron chi connectivity index (χ3n) is 2.98. The molecule has 1 aliphatic heterocycles. The summed E-state index contributed by atoms with van der Waals surface area (Å²) in [7, 11) is 0. The lowest BCUT2D eigenvalue weighted by Gasteiger charge is -2.13. The molecule has 1 aliphatic rings. The Hall–Kier alpha value is -1.09. The molecule has 0 unspecified atom stereocenters. The fourth-order valence-corrected chi connectivity index (χ4v) is 2.34. The minimum atomic E-state index is -0.678. The predicted octanol–water partition coefficient (Wildman–Crippen LogP) is 0.229. The summed E-state index contributed by atoms with van der Waals surface area (Å²) < 4.78 is 7.77. The van der Waals surface area contributed by atoms with Crippen LogP contribution in [0.2, 0.25) is 0 Å². The lowest BCUT2D eigenvalue weighted by Crippen LogP contribution is -2.24. The summed E-state index contributed by atoms with van der Waals surface area (Å²) in [6.07, 6.45) is 2.00. The van der Waals surface area contributed by atoms with E-state index in [2.05, 4.69) is 30.9 Å². The van der Waals surface area contributed by atoms with Gasteiger partial charge in [-0.25, -0.2) is 15.0 Å². The smallest absolute Gasteiger partial charge is 0.198 e. The minimum Gasteiger partial charge on any atom is -0.394 e. The Morgan fingerprint density at radius 2 is 2.33 bits per heavy atom. The Bertz CT molecular complexity index is 575. The van der Waals surface area contributed by atoms with Gasteiger partial charge >= 0.3 is 0 Å². The van der Waals surface area contributed by atoms with Crippen molar-refractivity contribution in [2.24, 2.45) is 0 Å². The number of nitrogens with zero attached hydrogens (tertiary/aromatic N) is 4. The molecule has 0 bridgehead atoms. The van der Waals surface area contributed by atoms with Crippen molar-refractivity contribution >= 4 is 27.1 Å². The van der Waals surface area contributed by atoms with Crippen LogP contribution in [0.15, 0.2) is 17.3 Å². The number of aromatic nitrogens is 4. The van der Waals surface area contributed by atoms with E-state index >= 15 is 0 Å². The van der Waals surface area contributed by atoms with Crippen molar-refractivity contribution in [1.29, 1.82) is 0 Å². The SMILES string of the molecule is OC[C@@H]1O[C@@H](n2cnc3cnc(Br)nc32)C[C@H]1O. The second-order valence-electron chi connectivity index (χ2n) is 4.11. The van der Waals surface area contributed by atoms with E-state index in [-0.39, 0.29) is 12.8 Å². The summed E-state index contributed by atoms with van der Waals surface area (Å²) in [5, 5.41) is 18.8. The number of halogens is 1. The molecule has 0 aromatic carbocycles. The van der Waals surface area contributed by atoms with Crippen LogP contribution in [0.5, 0.6) is 0 Å². The maximum atomic E-state index is 9.72. The number of fused-ring (bicyclic) bond motifs is 1. The lowest BCUT2D eigenvalue weighted by atomic mass is 10.2. The summed E-state index contributed by atoms with van der Waals surface area (Å²) in [6.45, 7) is -0.205. The molecule has 18 heavy (non-hydrogen) atoms. The van der Waals surface area contributed by atoms with Crippen LogP contribution in [0.1, 0.15) is 12.6 Å². The lowest BCUT2D eigenvalue weighted by molar-refractivity contribution is -0.0432. The molecule has 0 saturated carbocycles. The van der Waals surface area contributed by atoms with Crippen molar-refractivity contribution in [2.45, 2.75) is 24.9 Å². The Morgan fingerprint density at radius 3 is 3.06 bits per heavy atom. The van der Waals surface area contributed by atoms with Crippen LogP contribution >= 0.6 is 15.9 Å². The zero-order chi connectivity index (χ0) is 12.7. The average Bonchev–Trinajstić information content (AvgIpc) is 2.91. The van der Waals surface area contributed by atoms with E-state index in [0.29, 0.717) is 22.3 Å². The standard InChI is InChI=1S/C10H11BrN4O3/c11-10-12-2-5-9(14-10)15(4-13-5)8-1-6(17)7(3-16)18-8/h2,4,6-8,16-17H,1,3H2/t6-,7+,8-/m1/s1. The monoisotopic (exact) mass is 314 g/mol. The molecule has 96 valence electrons. The molecule has 0 aliphatic carbocycles. The molecule has 0 spiro atoms. The van der Waals surface area contributed by atoms with Crippen molar-refractivity contribution in [3.8, 4) is 0 Å². The quantitative estimate of drug-likeness (QED) is 0.771. The minimum absolute atomic E-state index is 0.205. The molecule has 0 amide bonds. The van der Waals surface area contributed by atoms with E-state index in [1.54, 1.807) is 17.1 Å². The number of aliphatic hydroxyl groups excluding tert-OH is 2. The first-order chi connectivity index (χ1) is 8.69. The Morgan fingerprint density at radius 1 is 1.50 bits per heavy atom. The van der Waals surface area contributed by atoms with Crippen LogP contribution in [0, 0.1) is 0 Å². The number of imidazole rings is 1. The third kappa shape index (κ3) is 1.91. The van der Waals surface area contributed by atoms with Crippen molar-refractivity contribution in [1.82, 2.24) is 19.5 Å². The van der Waals surface area contributed by atoms with Crippen LogP contribution in [0.3, 0.4) is 0 Å². The molecule has 8 heteroatoms. The van der Waals surface area contributed by atoms with Crippen molar-refractivity contribution in [3.05, 3.63) is 17.3 Å². The summed E-state index contributed by atoms with van der Waals surface area (Å²) in [5.74, 6) is 0. The van der Waals surface area contributed by atoms with Crippen LogP contribution in [0.4, 0.5) is 0 Å². The van der Waals surface area contributed by atoms with Crippen molar-refractivity contribution in [2.75, 3.05) is 6.61 Å². The largest absolute Gasteiger partial charge is 0.394 e. The predicted molar refractivity (Wildman–Crippen MR) is 64.6 cm³/mol. The summed E-state index contributed by atoms with van der Waals surface area (Å²) in [4.78, 5) is 12.4. The highest BCUT2D eigenvalue weighted by Gasteiger charge is 2.35. The second-order valence-corrected chi connectivity index (χ2v) is 4.82. The van der Waals surface area contributed by atoms with Gasteiger partial charge in [0.15, 0.2) is 10.4 Å². The van der Waals surface area contributed by atoms with Gasteiger partial charge in [-0.05, 0) is 15.9 Å².